The summed E-state index contributed by atoms with van der Waals surface area (Å²) in [5.41, 5.74) is 2.18. The van der Waals surface area contributed by atoms with Gasteiger partial charge in [0, 0.05) is 42.6 Å². The molecule has 27 heavy (non-hydrogen) atoms. The van der Waals surface area contributed by atoms with E-state index in [-0.39, 0.29) is 22.5 Å². The SMILES string of the molecule is COc1cc(CNC(=O)C2CSC34CC=CCC3=NC=CC24)cc(OC)c1. The minimum absolute atomic E-state index is 0.0231. The van der Waals surface area contributed by atoms with Crippen LogP contribution in [-0.2, 0) is 11.3 Å². The summed E-state index contributed by atoms with van der Waals surface area (Å²) in [6.45, 7) is 0.456. The molecule has 3 aliphatic rings. The standard InChI is InChI=1S/C21H24N2O3S/c1-25-15-9-14(10-16(11-15)26-2)12-23-20(24)17-13-27-21-7-4-3-5-19(21)22-8-6-18(17)21/h3-4,6,8-11,17-18H,5,7,12-13H2,1-2H3,(H,23,24). The van der Waals surface area contributed by atoms with Gasteiger partial charge in [0.1, 0.15) is 11.5 Å². The van der Waals surface area contributed by atoms with Gasteiger partial charge in [0.25, 0.3) is 0 Å². The summed E-state index contributed by atoms with van der Waals surface area (Å²) in [4.78, 5) is 17.6. The lowest BCUT2D eigenvalue weighted by Crippen LogP contribution is -2.45. The zero-order valence-electron chi connectivity index (χ0n) is 15.6. The normalized spacial score (nSPS) is 28.1. The van der Waals surface area contributed by atoms with Crippen molar-refractivity contribution in [3.63, 3.8) is 0 Å². The Hall–Kier alpha value is -2.21. The maximum atomic E-state index is 13.0. The number of carbonyl (C=O) groups excluding carboxylic acids is 1. The number of methoxy groups -OCH3 is 2. The number of benzene rings is 1. The average Bonchev–Trinajstić information content (AvgIpc) is 3.09. The van der Waals surface area contributed by atoms with Gasteiger partial charge >= 0.3 is 0 Å². The molecule has 1 aliphatic carbocycles. The second-order valence-electron chi connectivity index (χ2n) is 7.07. The topological polar surface area (TPSA) is 59.9 Å². The fourth-order valence-electron chi connectivity index (χ4n) is 4.18. The molecule has 2 aliphatic heterocycles. The maximum Gasteiger partial charge on any atom is 0.224 e. The third kappa shape index (κ3) is 3.27. The van der Waals surface area contributed by atoms with E-state index in [1.54, 1.807) is 14.2 Å². The molecule has 1 fully saturated rings. The molecule has 3 atom stereocenters. The molecule has 5 nitrogen and oxygen atoms in total. The van der Waals surface area contributed by atoms with Gasteiger partial charge in [0.2, 0.25) is 5.91 Å². The number of hydrogen-bond acceptors (Lipinski definition) is 5. The first-order valence-electron chi connectivity index (χ1n) is 9.19. The van der Waals surface area contributed by atoms with Crippen LogP contribution in [0.3, 0.4) is 0 Å². The van der Waals surface area contributed by atoms with E-state index in [2.05, 4.69) is 28.5 Å². The van der Waals surface area contributed by atoms with Gasteiger partial charge in [-0.05, 0) is 24.1 Å². The van der Waals surface area contributed by atoms with Crippen molar-refractivity contribution < 1.29 is 14.3 Å². The molecule has 1 aromatic carbocycles. The molecule has 0 bridgehead atoms. The molecule has 1 aromatic rings. The van der Waals surface area contributed by atoms with E-state index >= 15 is 0 Å². The average molecular weight is 385 g/mol. The van der Waals surface area contributed by atoms with Crippen LogP contribution in [0.1, 0.15) is 18.4 Å². The Kier molecular flexibility index (Phi) is 5.00. The summed E-state index contributed by atoms with van der Waals surface area (Å²) in [6, 6.07) is 5.67. The van der Waals surface area contributed by atoms with Crippen molar-refractivity contribution in [3.8, 4) is 11.5 Å². The minimum atomic E-state index is -0.0317. The Morgan fingerprint density at radius 1 is 1.26 bits per heavy atom. The summed E-state index contributed by atoms with van der Waals surface area (Å²) in [7, 11) is 3.25. The van der Waals surface area contributed by atoms with Crippen LogP contribution in [0.15, 0.2) is 47.6 Å². The van der Waals surface area contributed by atoms with Gasteiger partial charge in [-0.2, -0.15) is 0 Å². The van der Waals surface area contributed by atoms with E-state index in [4.69, 9.17) is 9.47 Å². The number of hydrogen-bond donors (Lipinski definition) is 1. The van der Waals surface area contributed by atoms with Crippen LogP contribution in [0.2, 0.25) is 0 Å². The molecule has 6 heteroatoms. The molecule has 4 rings (SSSR count). The maximum absolute atomic E-state index is 13.0. The summed E-state index contributed by atoms with van der Waals surface area (Å²) in [6.07, 6.45) is 10.3. The number of carbonyl (C=O) groups is 1. The van der Waals surface area contributed by atoms with Crippen molar-refractivity contribution in [2.45, 2.75) is 24.1 Å². The van der Waals surface area contributed by atoms with Crippen LogP contribution in [0.5, 0.6) is 11.5 Å². The number of thioether (sulfide) groups is 1. The minimum Gasteiger partial charge on any atom is -0.497 e. The summed E-state index contributed by atoms with van der Waals surface area (Å²) >= 11 is 1.89. The third-order valence-electron chi connectivity index (χ3n) is 5.62. The summed E-state index contributed by atoms with van der Waals surface area (Å²) in [5.74, 6) is 2.55. The number of nitrogens with zero attached hydrogens (tertiary/aromatic N) is 1. The molecular formula is C21H24N2O3S. The van der Waals surface area contributed by atoms with E-state index in [0.29, 0.717) is 6.54 Å². The third-order valence-corrected chi connectivity index (χ3v) is 7.33. The zero-order chi connectivity index (χ0) is 18.9. The van der Waals surface area contributed by atoms with E-state index in [0.717, 1.165) is 35.7 Å². The fraction of sp³-hybridized carbons (Fsp3) is 0.429. The van der Waals surface area contributed by atoms with Crippen LogP contribution in [-0.4, -0.2) is 36.3 Å². The molecule has 0 radical (unpaired) electrons. The Morgan fingerprint density at radius 2 is 2.04 bits per heavy atom. The Morgan fingerprint density at radius 3 is 2.78 bits per heavy atom. The lowest BCUT2D eigenvalue weighted by Gasteiger charge is -2.38. The quantitative estimate of drug-likeness (QED) is 0.791. The van der Waals surface area contributed by atoms with Crippen molar-refractivity contribution in [1.29, 1.82) is 0 Å². The zero-order valence-corrected chi connectivity index (χ0v) is 16.4. The summed E-state index contributed by atoms with van der Waals surface area (Å²) < 4.78 is 10.6. The molecule has 1 spiro atoms. The molecule has 1 amide bonds. The van der Waals surface area contributed by atoms with E-state index in [1.165, 1.54) is 5.71 Å². The van der Waals surface area contributed by atoms with Crippen molar-refractivity contribution in [1.82, 2.24) is 5.32 Å². The molecule has 0 aromatic heterocycles. The monoisotopic (exact) mass is 384 g/mol. The largest absolute Gasteiger partial charge is 0.497 e. The molecular weight excluding hydrogens is 360 g/mol. The van der Waals surface area contributed by atoms with Crippen molar-refractivity contribution in [2.24, 2.45) is 16.8 Å². The summed E-state index contributed by atoms with van der Waals surface area (Å²) in [5, 5.41) is 3.11. The molecule has 1 N–H and O–H groups in total. The van der Waals surface area contributed by atoms with Crippen LogP contribution in [0.4, 0.5) is 0 Å². The predicted octanol–water partition coefficient (Wildman–Crippen LogP) is 3.36. The second kappa shape index (κ2) is 7.43. The number of aliphatic imine (C=N–C) groups is 1. The van der Waals surface area contributed by atoms with E-state index < -0.39 is 0 Å². The number of nitrogens with one attached hydrogen (secondary N) is 1. The highest BCUT2D eigenvalue weighted by molar-refractivity contribution is 8.01. The van der Waals surface area contributed by atoms with E-state index in [9.17, 15) is 4.79 Å². The Balaban J connectivity index is 1.46. The van der Waals surface area contributed by atoms with Crippen molar-refractivity contribution >= 4 is 23.4 Å². The van der Waals surface area contributed by atoms with Gasteiger partial charge in [-0.3, -0.25) is 9.79 Å². The predicted molar refractivity (Wildman–Crippen MR) is 109 cm³/mol. The highest BCUT2D eigenvalue weighted by Crippen LogP contribution is 2.53. The number of ether oxygens (including phenoxy) is 2. The number of allylic oxidation sites excluding steroid dienone is 3. The first kappa shape index (κ1) is 18.2. The highest BCUT2D eigenvalue weighted by atomic mass is 32.2. The first-order valence-corrected chi connectivity index (χ1v) is 10.2. The van der Waals surface area contributed by atoms with Gasteiger partial charge < -0.3 is 14.8 Å². The van der Waals surface area contributed by atoms with Crippen molar-refractivity contribution in [3.05, 3.63) is 48.2 Å². The number of rotatable bonds is 5. The molecule has 0 saturated carbocycles. The van der Waals surface area contributed by atoms with Crippen molar-refractivity contribution in [2.75, 3.05) is 20.0 Å². The van der Waals surface area contributed by atoms with Crippen LogP contribution >= 0.6 is 11.8 Å². The molecule has 142 valence electrons. The first-order chi connectivity index (χ1) is 13.2. The molecule has 1 saturated heterocycles. The van der Waals surface area contributed by atoms with Gasteiger partial charge in [0.05, 0.1) is 24.9 Å². The van der Waals surface area contributed by atoms with Gasteiger partial charge in [-0.25, -0.2) is 0 Å². The number of amides is 1. The van der Waals surface area contributed by atoms with Crippen LogP contribution in [0.25, 0.3) is 0 Å². The fourth-order valence-corrected chi connectivity index (χ4v) is 5.97. The molecule has 2 heterocycles. The highest BCUT2D eigenvalue weighted by Gasteiger charge is 2.54. The Bertz CT molecular complexity index is 810. The van der Waals surface area contributed by atoms with Gasteiger partial charge in [0.15, 0.2) is 0 Å². The molecule has 3 unspecified atom stereocenters. The van der Waals surface area contributed by atoms with E-state index in [1.807, 2.05) is 36.2 Å². The lowest BCUT2D eigenvalue weighted by atomic mass is 9.73. The van der Waals surface area contributed by atoms with Crippen LogP contribution < -0.4 is 14.8 Å². The van der Waals surface area contributed by atoms with Gasteiger partial charge in [-0.1, -0.05) is 18.2 Å². The smallest absolute Gasteiger partial charge is 0.224 e. The lowest BCUT2D eigenvalue weighted by molar-refractivity contribution is -0.125. The second-order valence-corrected chi connectivity index (χ2v) is 8.42. The van der Waals surface area contributed by atoms with Crippen LogP contribution in [0, 0.1) is 11.8 Å². The Labute approximate surface area is 163 Å². The van der Waals surface area contributed by atoms with Gasteiger partial charge in [-0.15, -0.1) is 11.8 Å².